The Labute approximate surface area is 115 Å². The molecule has 2 nitrogen and oxygen atoms in total. The molecular formula is C12H12Cl2N2S. The molecule has 5 heteroatoms. The van der Waals surface area contributed by atoms with Crippen molar-refractivity contribution in [3.05, 3.63) is 45.2 Å². The molecule has 2 aromatic heterocycles. The smallest absolute Gasteiger partial charge is 0.132 e. The quantitative estimate of drug-likeness (QED) is 0.784. The molecule has 2 aromatic rings. The van der Waals surface area contributed by atoms with E-state index < -0.39 is 0 Å². The molecule has 0 N–H and O–H groups in total. The number of alkyl halides is 1. The van der Waals surface area contributed by atoms with Crippen LogP contribution in [0.3, 0.4) is 0 Å². The first kappa shape index (κ1) is 12.7. The molecule has 0 spiro atoms. The molecule has 90 valence electrons. The maximum absolute atomic E-state index is 5.91. The Hall–Kier alpha value is -0.770. The minimum atomic E-state index is 0.471. The molecule has 17 heavy (non-hydrogen) atoms. The van der Waals surface area contributed by atoms with Gasteiger partial charge in [-0.2, -0.15) is 0 Å². The normalized spacial score (nSPS) is 10.5. The van der Waals surface area contributed by atoms with E-state index in [1.54, 1.807) is 17.5 Å². The highest BCUT2D eigenvalue weighted by Crippen LogP contribution is 2.25. The van der Waals surface area contributed by atoms with Crippen LogP contribution in [0.4, 0.5) is 5.82 Å². The number of pyridine rings is 1. The summed E-state index contributed by atoms with van der Waals surface area (Å²) in [7, 11) is 2.01. The van der Waals surface area contributed by atoms with Crippen LogP contribution >= 0.6 is 34.5 Å². The predicted molar refractivity (Wildman–Crippen MR) is 75.2 cm³/mol. The number of rotatable bonds is 4. The van der Waals surface area contributed by atoms with E-state index in [4.69, 9.17) is 23.2 Å². The molecular weight excluding hydrogens is 275 g/mol. The maximum atomic E-state index is 5.91. The van der Waals surface area contributed by atoms with Crippen molar-refractivity contribution in [1.82, 2.24) is 4.98 Å². The van der Waals surface area contributed by atoms with E-state index in [0.29, 0.717) is 5.88 Å². The average molecular weight is 287 g/mol. The molecule has 0 amide bonds. The molecule has 2 rings (SSSR count). The third-order valence-electron chi connectivity index (χ3n) is 2.39. The summed E-state index contributed by atoms with van der Waals surface area (Å²) in [5.41, 5.74) is 1.04. The van der Waals surface area contributed by atoms with E-state index in [9.17, 15) is 0 Å². The van der Waals surface area contributed by atoms with Gasteiger partial charge in [0.25, 0.3) is 0 Å². The first-order chi connectivity index (χ1) is 8.20. The molecule has 0 aliphatic rings. The largest absolute Gasteiger partial charge is 0.354 e. The number of aromatic nitrogens is 1. The van der Waals surface area contributed by atoms with Gasteiger partial charge >= 0.3 is 0 Å². The van der Waals surface area contributed by atoms with Crippen LogP contribution in [-0.2, 0) is 12.4 Å². The van der Waals surface area contributed by atoms with Crippen LogP contribution in [0.25, 0.3) is 0 Å². The second kappa shape index (κ2) is 5.71. The van der Waals surface area contributed by atoms with Crippen molar-refractivity contribution in [3.8, 4) is 0 Å². The molecule has 2 heterocycles. The lowest BCUT2D eigenvalue weighted by Crippen LogP contribution is -2.18. The number of thiophene rings is 1. The van der Waals surface area contributed by atoms with Crippen LogP contribution in [0.5, 0.6) is 0 Å². The molecule has 0 aromatic carbocycles. The zero-order chi connectivity index (χ0) is 12.3. The number of hydrogen-bond acceptors (Lipinski definition) is 3. The molecule has 0 unspecified atom stereocenters. The highest BCUT2D eigenvalue weighted by Gasteiger charge is 2.09. The van der Waals surface area contributed by atoms with Gasteiger partial charge in [0.05, 0.1) is 16.8 Å². The van der Waals surface area contributed by atoms with Crippen LogP contribution in [0, 0.1) is 0 Å². The van der Waals surface area contributed by atoms with Crippen LogP contribution in [0.1, 0.15) is 10.4 Å². The zero-order valence-electron chi connectivity index (χ0n) is 9.36. The Bertz CT molecular complexity index is 499. The fraction of sp³-hybridized carbons (Fsp3) is 0.250. The van der Waals surface area contributed by atoms with Crippen LogP contribution in [0.15, 0.2) is 30.5 Å². The van der Waals surface area contributed by atoms with E-state index in [-0.39, 0.29) is 0 Å². The van der Waals surface area contributed by atoms with Crippen molar-refractivity contribution in [2.75, 3.05) is 11.9 Å². The fourth-order valence-electron chi connectivity index (χ4n) is 1.62. The van der Waals surface area contributed by atoms with Crippen molar-refractivity contribution in [1.29, 1.82) is 0 Å². The molecule has 0 bridgehead atoms. The van der Waals surface area contributed by atoms with Gasteiger partial charge in [0.2, 0.25) is 0 Å². The Kier molecular flexibility index (Phi) is 4.26. The third-order valence-corrected chi connectivity index (χ3v) is 3.90. The Morgan fingerprint density at radius 3 is 2.82 bits per heavy atom. The summed E-state index contributed by atoms with van der Waals surface area (Å²) in [6.07, 6.45) is 1.78. The summed E-state index contributed by atoms with van der Waals surface area (Å²) < 4.78 is 0.812. The van der Waals surface area contributed by atoms with E-state index in [2.05, 4.69) is 9.88 Å². The van der Waals surface area contributed by atoms with Crippen molar-refractivity contribution in [3.63, 3.8) is 0 Å². The summed E-state index contributed by atoms with van der Waals surface area (Å²) in [6, 6.07) is 7.84. The van der Waals surface area contributed by atoms with Gasteiger partial charge in [-0.1, -0.05) is 17.7 Å². The van der Waals surface area contributed by atoms with Gasteiger partial charge in [-0.15, -0.1) is 22.9 Å². The Morgan fingerprint density at radius 2 is 2.18 bits per heavy atom. The summed E-state index contributed by atoms with van der Waals surface area (Å²) in [5.74, 6) is 1.39. The van der Waals surface area contributed by atoms with Crippen LogP contribution in [-0.4, -0.2) is 12.0 Å². The van der Waals surface area contributed by atoms with Gasteiger partial charge in [-0.05, 0) is 18.2 Å². The minimum Gasteiger partial charge on any atom is -0.354 e. The number of anilines is 1. The fourth-order valence-corrected chi connectivity index (χ4v) is 2.97. The second-order valence-corrected chi connectivity index (χ2v) is 5.75. The third kappa shape index (κ3) is 3.12. The summed E-state index contributed by atoms with van der Waals surface area (Å²) >= 11 is 13.4. The predicted octanol–water partition coefficient (Wildman–Crippen LogP) is 4.17. The Balaban J connectivity index is 2.16. The number of hydrogen-bond donors (Lipinski definition) is 0. The van der Waals surface area contributed by atoms with Gasteiger partial charge in [-0.3, -0.25) is 0 Å². The Morgan fingerprint density at radius 1 is 1.35 bits per heavy atom. The van der Waals surface area contributed by atoms with Crippen LogP contribution in [0.2, 0.25) is 4.34 Å². The lowest BCUT2D eigenvalue weighted by molar-refractivity contribution is 0.903. The van der Waals surface area contributed by atoms with E-state index in [1.165, 1.54) is 4.88 Å². The first-order valence-corrected chi connectivity index (χ1v) is 6.89. The summed E-state index contributed by atoms with van der Waals surface area (Å²) in [4.78, 5) is 7.66. The van der Waals surface area contributed by atoms with Gasteiger partial charge in [0.1, 0.15) is 5.82 Å². The van der Waals surface area contributed by atoms with Gasteiger partial charge in [0, 0.05) is 23.7 Å². The SMILES string of the molecule is CN(Cc1ccc(Cl)s1)c1ncccc1CCl. The second-order valence-electron chi connectivity index (χ2n) is 3.68. The van der Waals surface area contributed by atoms with Crippen LogP contribution < -0.4 is 4.90 Å². The van der Waals surface area contributed by atoms with Gasteiger partial charge in [-0.25, -0.2) is 4.98 Å². The monoisotopic (exact) mass is 286 g/mol. The van der Waals surface area contributed by atoms with Crippen molar-refractivity contribution in [2.45, 2.75) is 12.4 Å². The van der Waals surface area contributed by atoms with Crippen molar-refractivity contribution >= 4 is 40.4 Å². The lowest BCUT2D eigenvalue weighted by Gasteiger charge is -2.19. The van der Waals surface area contributed by atoms with Crippen molar-refractivity contribution < 1.29 is 0 Å². The minimum absolute atomic E-state index is 0.471. The van der Waals surface area contributed by atoms with Gasteiger partial charge < -0.3 is 4.90 Å². The molecule has 0 radical (unpaired) electrons. The molecule has 0 saturated heterocycles. The van der Waals surface area contributed by atoms with Crippen molar-refractivity contribution in [2.24, 2.45) is 0 Å². The number of halogens is 2. The highest BCUT2D eigenvalue weighted by molar-refractivity contribution is 7.16. The molecule has 0 aliphatic carbocycles. The average Bonchev–Trinajstić information content (AvgIpc) is 2.74. The van der Waals surface area contributed by atoms with E-state index >= 15 is 0 Å². The molecule has 0 saturated carbocycles. The molecule has 0 fully saturated rings. The molecule has 0 atom stereocenters. The standard InChI is InChI=1S/C12H12Cl2N2S/c1-16(8-10-4-5-11(14)17-10)12-9(7-13)3-2-6-15-12/h2-6H,7-8H2,1H3. The summed E-state index contributed by atoms with van der Waals surface area (Å²) in [6.45, 7) is 0.790. The number of nitrogens with zero attached hydrogens (tertiary/aromatic N) is 2. The maximum Gasteiger partial charge on any atom is 0.132 e. The first-order valence-electron chi connectivity index (χ1n) is 5.16. The van der Waals surface area contributed by atoms with E-state index in [1.807, 2.05) is 31.3 Å². The summed E-state index contributed by atoms with van der Waals surface area (Å²) in [5, 5.41) is 0. The highest BCUT2D eigenvalue weighted by atomic mass is 35.5. The molecule has 0 aliphatic heterocycles. The zero-order valence-corrected chi connectivity index (χ0v) is 11.7. The van der Waals surface area contributed by atoms with E-state index in [0.717, 1.165) is 22.3 Å². The topological polar surface area (TPSA) is 16.1 Å². The van der Waals surface area contributed by atoms with Gasteiger partial charge in [0.15, 0.2) is 0 Å². The lowest BCUT2D eigenvalue weighted by atomic mass is 10.2.